The molecular weight excluding hydrogens is 202 g/mol. The maximum Gasteiger partial charge on any atom is 0.138 e. The Hall–Kier alpha value is -2.17. The van der Waals surface area contributed by atoms with Gasteiger partial charge < -0.3 is 4.98 Å². The number of pyridine rings is 1. The van der Waals surface area contributed by atoms with E-state index < -0.39 is 0 Å². The first-order valence-electron chi connectivity index (χ1n) is 5.06. The van der Waals surface area contributed by atoms with Crippen LogP contribution in [0.5, 0.6) is 0 Å². The molecule has 0 radical (unpaired) electrons. The van der Waals surface area contributed by atoms with Gasteiger partial charge in [-0.1, -0.05) is 5.21 Å². The van der Waals surface area contributed by atoms with Crippen molar-refractivity contribution in [2.45, 2.75) is 6.92 Å². The van der Waals surface area contributed by atoms with E-state index in [0.29, 0.717) is 0 Å². The van der Waals surface area contributed by atoms with E-state index in [4.69, 9.17) is 0 Å². The molecule has 0 saturated heterocycles. The average Bonchev–Trinajstić information content (AvgIpc) is 2.85. The largest absolute Gasteiger partial charge is 0.346 e. The van der Waals surface area contributed by atoms with E-state index >= 15 is 0 Å². The molecule has 0 saturated carbocycles. The van der Waals surface area contributed by atoms with Crippen LogP contribution in [-0.2, 0) is 7.05 Å². The molecule has 0 aliphatic rings. The van der Waals surface area contributed by atoms with Crippen LogP contribution in [0.1, 0.15) is 5.69 Å². The molecule has 3 rings (SSSR count). The Kier molecular flexibility index (Phi) is 1.80. The first-order chi connectivity index (χ1) is 7.75. The van der Waals surface area contributed by atoms with Crippen molar-refractivity contribution in [2.24, 2.45) is 7.05 Å². The molecule has 1 N–H and O–H groups in total. The molecule has 0 aromatic carbocycles. The maximum absolute atomic E-state index is 4.54. The van der Waals surface area contributed by atoms with Crippen LogP contribution in [0.15, 0.2) is 24.4 Å². The summed E-state index contributed by atoms with van der Waals surface area (Å²) < 4.78 is 1.74. The first kappa shape index (κ1) is 9.08. The van der Waals surface area contributed by atoms with Gasteiger partial charge in [-0.2, -0.15) is 0 Å². The normalized spacial score (nSPS) is 11.1. The third-order valence-electron chi connectivity index (χ3n) is 2.65. The van der Waals surface area contributed by atoms with Crippen molar-refractivity contribution >= 4 is 11.0 Å². The molecule has 80 valence electrons. The van der Waals surface area contributed by atoms with E-state index in [1.807, 2.05) is 38.4 Å². The van der Waals surface area contributed by atoms with Crippen molar-refractivity contribution in [1.29, 1.82) is 0 Å². The summed E-state index contributed by atoms with van der Waals surface area (Å²) >= 11 is 0. The predicted molar refractivity (Wildman–Crippen MR) is 60.8 cm³/mol. The van der Waals surface area contributed by atoms with Crippen molar-refractivity contribution in [1.82, 2.24) is 25.0 Å². The van der Waals surface area contributed by atoms with Crippen LogP contribution < -0.4 is 0 Å². The summed E-state index contributed by atoms with van der Waals surface area (Å²) in [5.74, 6) is 0. The van der Waals surface area contributed by atoms with Crippen molar-refractivity contribution < 1.29 is 0 Å². The van der Waals surface area contributed by atoms with Gasteiger partial charge in [0.05, 0.1) is 11.4 Å². The molecule has 0 aliphatic heterocycles. The summed E-state index contributed by atoms with van der Waals surface area (Å²) in [6, 6.07) is 6.03. The van der Waals surface area contributed by atoms with Gasteiger partial charge in [0.1, 0.15) is 11.3 Å². The lowest BCUT2D eigenvalue weighted by atomic mass is 10.2. The second-order valence-corrected chi connectivity index (χ2v) is 3.76. The highest BCUT2D eigenvalue weighted by atomic mass is 15.4. The summed E-state index contributed by atoms with van der Waals surface area (Å²) in [5.41, 5.74) is 3.62. The van der Waals surface area contributed by atoms with Gasteiger partial charge in [-0.05, 0) is 25.1 Å². The summed E-state index contributed by atoms with van der Waals surface area (Å²) in [6.07, 6.45) is 1.88. The van der Waals surface area contributed by atoms with E-state index in [9.17, 15) is 0 Å². The molecule has 5 nitrogen and oxygen atoms in total. The molecule has 16 heavy (non-hydrogen) atoms. The highest BCUT2D eigenvalue weighted by Crippen LogP contribution is 2.21. The zero-order valence-corrected chi connectivity index (χ0v) is 9.10. The van der Waals surface area contributed by atoms with Crippen LogP contribution >= 0.6 is 0 Å². The number of nitrogens with one attached hydrogen (secondary N) is 1. The van der Waals surface area contributed by atoms with Crippen LogP contribution in [0.25, 0.3) is 22.4 Å². The van der Waals surface area contributed by atoms with Crippen LogP contribution in [-0.4, -0.2) is 25.0 Å². The predicted octanol–water partition coefficient (Wildman–Crippen LogP) is 1.67. The van der Waals surface area contributed by atoms with Gasteiger partial charge in [0.25, 0.3) is 0 Å². The highest BCUT2D eigenvalue weighted by molar-refractivity contribution is 5.78. The van der Waals surface area contributed by atoms with Gasteiger partial charge >= 0.3 is 0 Å². The highest BCUT2D eigenvalue weighted by Gasteiger charge is 2.10. The molecule has 0 fully saturated rings. The number of hydrogen-bond acceptors (Lipinski definition) is 3. The Balaban J connectivity index is 2.25. The topological polar surface area (TPSA) is 59.4 Å². The molecule has 0 bridgehead atoms. The number of H-pyrrole nitrogens is 1. The third-order valence-corrected chi connectivity index (χ3v) is 2.65. The fourth-order valence-electron chi connectivity index (χ4n) is 1.87. The standard InChI is InChI=1S/C11H11N5/c1-7-10(16(2)15-14-7)9-4-3-8-5-6-12-11(8)13-9/h3-6H,1-2H3,(H,12,13). The fourth-order valence-corrected chi connectivity index (χ4v) is 1.87. The van der Waals surface area contributed by atoms with Crippen molar-refractivity contribution in [3.8, 4) is 11.4 Å². The Morgan fingerprint density at radius 3 is 2.88 bits per heavy atom. The van der Waals surface area contributed by atoms with E-state index in [-0.39, 0.29) is 0 Å². The average molecular weight is 213 g/mol. The van der Waals surface area contributed by atoms with Crippen molar-refractivity contribution in [3.63, 3.8) is 0 Å². The van der Waals surface area contributed by atoms with E-state index in [0.717, 1.165) is 28.1 Å². The Morgan fingerprint density at radius 2 is 2.12 bits per heavy atom. The summed E-state index contributed by atoms with van der Waals surface area (Å²) in [6.45, 7) is 1.93. The van der Waals surface area contributed by atoms with E-state index in [2.05, 4.69) is 20.3 Å². The molecule has 0 spiro atoms. The fraction of sp³-hybridized carbons (Fsp3) is 0.182. The zero-order chi connectivity index (χ0) is 11.1. The van der Waals surface area contributed by atoms with Crippen molar-refractivity contribution in [2.75, 3.05) is 0 Å². The Morgan fingerprint density at radius 1 is 1.25 bits per heavy atom. The molecule has 3 aromatic rings. The molecule has 0 aliphatic carbocycles. The molecular formula is C11H11N5. The SMILES string of the molecule is Cc1nnn(C)c1-c1ccc2cc[nH]c2n1. The maximum atomic E-state index is 4.54. The monoisotopic (exact) mass is 213 g/mol. The van der Waals surface area contributed by atoms with Crippen LogP contribution in [0.4, 0.5) is 0 Å². The molecule has 5 heteroatoms. The minimum atomic E-state index is 0.887. The molecule has 0 atom stereocenters. The number of fused-ring (bicyclic) bond motifs is 1. The van der Waals surface area contributed by atoms with E-state index in [1.54, 1.807) is 4.68 Å². The van der Waals surface area contributed by atoms with Gasteiger partial charge in [-0.3, -0.25) is 0 Å². The zero-order valence-electron chi connectivity index (χ0n) is 9.10. The van der Waals surface area contributed by atoms with Crippen LogP contribution in [0.2, 0.25) is 0 Å². The van der Waals surface area contributed by atoms with E-state index in [1.165, 1.54) is 0 Å². The summed E-state index contributed by atoms with van der Waals surface area (Å²) in [4.78, 5) is 7.64. The minimum absolute atomic E-state index is 0.887. The molecule has 0 unspecified atom stereocenters. The lowest BCUT2D eigenvalue weighted by Crippen LogP contribution is -1.96. The van der Waals surface area contributed by atoms with Crippen LogP contribution in [0.3, 0.4) is 0 Å². The number of hydrogen-bond donors (Lipinski definition) is 1. The van der Waals surface area contributed by atoms with Crippen molar-refractivity contribution in [3.05, 3.63) is 30.1 Å². The molecule has 3 heterocycles. The number of rotatable bonds is 1. The molecule has 3 aromatic heterocycles. The first-order valence-corrected chi connectivity index (χ1v) is 5.06. The summed E-state index contributed by atoms with van der Waals surface area (Å²) in [7, 11) is 1.87. The quantitative estimate of drug-likeness (QED) is 0.668. The van der Waals surface area contributed by atoms with Gasteiger partial charge in [-0.25, -0.2) is 9.67 Å². The van der Waals surface area contributed by atoms with Gasteiger partial charge in [0, 0.05) is 18.6 Å². The van der Waals surface area contributed by atoms with Gasteiger partial charge in [-0.15, -0.1) is 5.10 Å². The van der Waals surface area contributed by atoms with Crippen LogP contribution in [0, 0.1) is 6.92 Å². The second-order valence-electron chi connectivity index (χ2n) is 3.76. The van der Waals surface area contributed by atoms with Gasteiger partial charge in [0.15, 0.2) is 0 Å². The lowest BCUT2D eigenvalue weighted by molar-refractivity contribution is 0.718. The number of aromatic amines is 1. The Labute approximate surface area is 92.1 Å². The number of aryl methyl sites for hydroxylation is 2. The Bertz CT molecular complexity index is 630. The smallest absolute Gasteiger partial charge is 0.138 e. The number of aromatic nitrogens is 5. The molecule has 0 amide bonds. The summed E-state index contributed by atoms with van der Waals surface area (Å²) in [5, 5.41) is 9.11. The number of nitrogens with zero attached hydrogens (tertiary/aromatic N) is 4. The second kappa shape index (κ2) is 3.16. The lowest BCUT2D eigenvalue weighted by Gasteiger charge is -2.01. The third kappa shape index (κ3) is 1.21. The van der Waals surface area contributed by atoms with Gasteiger partial charge in [0.2, 0.25) is 0 Å². The minimum Gasteiger partial charge on any atom is -0.346 e.